The van der Waals surface area contributed by atoms with Crippen molar-refractivity contribution in [2.45, 2.75) is 23.8 Å². The Labute approximate surface area is 146 Å². The fourth-order valence-electron chi connectivity index (χ4n) is 3.55. The number of nitrogens with zero attached hydrogens (tertiary/aromatic N) is 3. The van der Waals surface area contributed by atoms with Crippen molar-refractivity contribution in [1.29, 1.82) is 0 Å². The van der Waals surface area contributed by atoms with Crippen molar-refractivity contribution in [2.24, 2.45) is 0 Å². The smallest absolute Gasteiger partial charge is 0.245 e. The van der Waals surface area contributed by atoms with Gasteiger partial charge >= 0.3 is 0 Å². The zero-order chi connectivity index (χ0) is 17.4. The minimum Gasteiger partial charge on any atom is -0.345 e. The molecule has 2 aliphatic heterocycles. The highest BCUT2D eigenvalue weighted by molar-refractivity contribution is 7.89. The number of amides is 1. The van der Waals surface area contributed by atoms with Crippen LogP contribution in [0.15, 0.2) is 29.4 Å². The lowest BCUT2D eigenvalue weighted by Crippen LogP contribution is -2.54. The number of nitrogens with one attached hydrogen (secondary N) is 2. The van der Waals surface area contributed by atoms with Gasteiger partial charge in [0.2, 0.25) is 15.9 Å². The van der Waals surface area contributed by atoms with Crippen molar-refractivity contribution in [3.05, 3.63) is 24.5 Å². The predicted molar refractivity (Wildman–Crippen MR) is 92.5 cm³/mol. The summed E-state index contributed by atoms with van der Waals surface area (Å²) in [6.45, 7) is 2.36. The van der Waals surface area contributed by atoms with Gasteiger partial charge in [0, 0.05) is 44.0 Å². The highest BCUT2D eigenvalue weighted by Crippen LogP contribution is 2.25. The maximum absolute atomic E-state index is 13.0. The topological polar surface area (TPSA) is 98.4 Å². The number of pyridine rings is 1. The van der Waals surface area contributed by atoms with Gasteiger partial charge in [-0.15, -0.1) is 0 Å². The fourth-order valence-corrected chi connectivity index (χ4v) is 5.12. The summed E-state index contributed by atoms with van der Waals surface area (Å²) < 4.78 is 27.4. The van der Waals surface area contributed by atoms with Crippen LogP contribution in [0.1, 0.15) is 12.8 Å². The van der Waals surface area contributed by atoms with Crippen LogP contribution in [0.4, 0.5) is 0 Å². The molecule has 2 aromatic rings. The summed E-state index contributed by atoms with van der Waals surface area (Å²) in [5.41, 5.74) is 0.558. The van der Waals surface area contributed by atoms with Gasteiger partial charge in [0.25, 0.3) is 0 Å². The standard InChI is InChI=1S/C16H21N5O3S/c22-16(13-4-2-5-17-13)20-7-9-21(10-8-20)25(23,24)14-11-19-15-12(14)3-1-6-18-15/h1,3,6,11,13,17H,2,4-5,7-10H2,(H,18,19). The number of piperazine rings is 1. The number of carbonyl (C=O) groups excluding carboxylic acids is 1. The second kappa shape index (κ2) is 6.40. The quantitative estimate of drug-likeness (QED) is 0.809. The molecule has 134 valence electrons. The summed E-state index contributed by atoms with van der Waals surface area (Å²) in [5, 5.41) is 3.80. The molecule has 2 saturated heterocycles. The SMILES string of the molecule is O=C(C1CCCN1)N1CCN(S(=O)(=O)c2c[nH]c3ncccc23)CC1. The Morgan fingerprint density at radius 1 is 1.24 bits per heavy atom. The molecule has 0 aromatic carbocycles. The van der Waals surface area contributed by atoms with E-state index in [2.05, 4.69) is 15.3 Å². The van der Waals surface area contributed by atoms with Gasteiger partial charge in [-0.25, -0.2) is 13.4 Å². The Balaban J connectivity index is 1.49. The van der Waals surface area contributed by atoms with E-state index in [0.29, 0.717) is 37.2 Å². The van der Waals surface area contributed by atoms with Gasteiger partial charge < -0.3 is 15.2 Å². The maximum atomic E-state index is 13.0. The first-order valence-electron chi connectivity index (χ1n) is 8.52. The molecular formula is C16H21N5O3S. The molecule has 0 bridgehead atoms. The Bertz CT molecular complexity index is 880. The van der Waals surface area contributed by atoms with E-state index in [9.17, 15) is 13.2 Å². The van der Waals surface area contributed by atoms with E-state index in [1.807, 2.05) is 0 Å². The number of H-pyrrole nitrogens is 1. The average molecular weight is 363 g/mol. The van der Waals surface area contributed by atoms with Crippen LogP contribution < -0.4 is 5.32 Å². The van der Waals surface area contributed by atoms with Crippen LogP contribution in [-0.2, 0) is 14.8 Å². The molecule has 9 heteroatoms. The van der Waals surface area contributed by atoms with Crippen molar-refractivity contribution in [3.8, 4) is 0 Å². The molecule has 1 atom stereocenters. The van der Waals surface area contributed by atoms with Gasteiger partial charge in [-0.1, -0.05) is 0 Å². The summed E-state index contributed by atoms with van der Waals surface area (Å²) in [6.07, 6.45) is 4.99. The summed E-state index contributed by atoms with van der Waals surface area (Å²) in [5.74, 6) is 0.0887. The van der Waals surface area contributed by atoms with E-state index in [-0.39, 0.29) is 16.8 Å². The summed E-state index contributed by atoms with van der Waals surface area (Å²) in [6, 6.07) is 3.36. The van der Waals surface area contributed by atoms with Gasteiger partial charge in [0.1, 0.15) is 10.5 Å². The number of aromatic nitrogens is 2. The summed E-state index contributed by atoms with van der Waals surface area (Å²) >= 11 is 0. The van der Waals surface area contributed by atoms with Crippen LogP contribution in [0.25, 0.3) is 11.0 Å². The Kier molecular flexibility index (Phi) is 4.22. The number of rotatable bonds is 3. The molecule has 2 N–H and O–H groups in total. The van der Waals surface area contributed by atoms with Crippen LogP contribution in [0.3, 0.4) is 0 Å². The normalized spacial score (nSPS) is 22.6. The van der Waals surface area contributed by atoms with E-state index in [0.717, 1.165) is 19.4 Å². The first-order chi connectivity index (χ1) is 12.1. The largest absolute Gasteiger partial charge is 0.345 e. The number of carbonyl (C=O) groups is 1. The molecule has 0 aliphatic carbocycles. The molecule has 2 fully saturated rings. The first kappa shape index (κ1) is 16.5. The first-order valence-corrected chi connectivity index (χ1v) is 9.96. The summed E-state index contributed by atoms with van der Waals surface area (Å²) in [4.78, 5) is 21.5. The molecule has 1 amide bonds. The molecule has 0 saturated carbocycles. The number of hydrogen-bond acceptors (Lipinski definition) is 5. The van der Waals surface area contributed by atoms with Crippen molar-refractivity contribution < 1.29 is 13.2 Å². The van der Waals surface area contributed by atoms with E-state index < -0.39 is 10.0 Å². The third-order valence-electron chi connectivity index (χ3n) is 4.94. The van der Waals surface area contributed by atoms with Gasteiger partial charge in [0.05, 0.1) is 6.04 Å². The van der Waals surface area contributed by atoms with Crippen LogP contribution in [0, 0.1) is 0 Å². The molecule has 8 nitrogen and oxygen atoms in total. The number of aromatic amines is 1. The minimum absolute atomic E-state index is 0.0887. The number of hydrogen-bond donors (Lipinski definition) is 2. The molecule has 2 aliphatic rings. The van der Waals surface area contributed by atoms with Crippen molar-refractivity contribution in [3.63, 3.8) is 0 Å². The number of fused-ring (bicyclic) bond motifs is 1. The highest BCUT2D eigenvalue weighted by Gasteiger charge is 2.34. The molecule has 0 radical (unpaired) electrons. The Morgan fingerprint density at radius 3 is 2.76 bits per heavy atom. The van der Waals surface area contributed by atoms with Gasteiger partial charge in [-0.3, -0.25) is 4.79 Å². The molecular weight excluding hydrogens is 342 g/mol. The van der Waals surface area contributed by atoms with Gasteiger partial charge in [-0.2, -0.15) is 4.31 Å². The zero-order valence-corrected chi connectivity index (χ0v) is 14.6. The van der Waals surface area contributed by atoms with Gasteiger partial charge in [-0.05, 0) is 31.5 Å². The highest BCUT2D eigenvalue weighted by atomic mass is 32.2. The third kappa shape index (κ3) is 2.92. The van der Waals surface area contributed by atoms with Crippen LogP contribution in [-0.4, -0.2) is 72.3 Å². The van der Waals surface area contributed by atoms with Crippen molar-refractivity contribution in [2.75, 3.05) is 32.7 Å². The molecule has 0 spiro atoms. The molecule has 4 heterocycles. The lowest BCUT2D eigenvalue weighted by molar-refractivity contribution is -0.134. The van der Waals surface area contributed by atoms with E-state index in [1.54, 1.807) is 23.2 Å². The van der Waals surface area contributed by atoms with E-state index in [1.165, 1.54) is 10.5 Å². The Morgan fingerprint density at radius 2 is 2.04 bits per heavy atom. The average Bonchev–Trinajstić information content (AvgIpc) is 3.31. The number of sulfonamides is 1. The van der Waals surface area contributed by atoms with E-state index >= 15 is 0 Å². The van der Waals surface area contributed by atoms with Crippen molar-refractivity contribution in [1.82, 2.24) is 24.5 Å². The zero-order valence-electron chi connectivity index (χ0n) is 13.8. The molecule has 4 rings (SSSR count). The molecule has 1 unspecified atom stereocenters. The monoisotopic (exact) mass is 363 g/mol. The summed E-state index contributed by atoms with van der Waals surface area (Å²) in [7, 11) is -3.60. The third-order valence-corrected chi connectivity index (χ3v) is 6.88. The van der Waals surface area contributed by atoms with Crippen LogP contribution in [0.2, 0.25) is 0 Å². The second-order valence-electron chi connectivity index (χ2n) is 6.43. The fraction of sp³-hybridized carbons (Fsp3) is 0.500. The lowest BCUT2D eigenvalue weighted by Gasteiger charge is -2.35. The second-order valence-corrected chi connectivity index (χ2v) is 8.34. The Hall–Kier alpha value is -1.97. The van der Waals surface area contributed by atoms with E-state index in [4.69, 9.17) is 0 Å². The van der Waals surface area contributed by atoms with Crippen LogP contribution in [0.5, 0.6) is 0 Å². The van der Waals surface area contributed by atoms with Gasteiger partial charge in [0.15, 0.2) is 0 Å². The predicted octanol–water partition coefficient (Wildman–Crippen LogP) is 0.148. The lowest BCUT2D eigenvalue weighted by atomic mass is 10.2. The van der Waals surface area contributed by atoms with Crippen molar-refractivity contribution >= 4 is 27.0 Å². The molecule has 25 heavy (non-hydrogen) atoms. The molecule has 2 aromatic heterocycles. The minimum atomic E-state index is -3.60. The maximum Gasteiger partial charge on any atom is 0.245 e. The van der Waals surface area contributed by atoms with Crippen LogP contribution >= 0.6 is 0 Å².